The standard InChI is InChI=1S/C14H21NO8/c1-6(2)3-10(19)15-11-7(17)4-9(14(21)22)23-13(11)12(20)8(18)5-16/h3-4,7-8,11-13,16-18,20H,5H2,1-2H3,(H,15,19)(H,21,22)/t7-,8+,11+,12+,13+/m0/s1. The summed E-state index contributed by atoms with van der Waals surface area (Å²) in [4.78, 5) is 22.8. The number of amides is 1. The molecule has 1 aliphatic rings. The lowest BCUT2D eigenvalue weighted by atomic mass is 9.93. The monoisotopic (exact) mass is 331 g/mol. The van der Waals surface area contributed by atoms with E-state index in [1.807, 2.05) is 0 Å². The third-order valence-electron chi connectivity index (χ3n) is 3.16. The van der Waals surface area contributed by atoms with Crippen molar-refractivity contribution in [3.05, 3.63) is 23.5 Å². The summed E-state index contributed by atoms with van der Waals surface area (Å²) in [7, 11) is 0. The quantitative estimate of drug-likeness (QED) is 0.302. The zero-order chi connectivity index (χ0) is 17.7. The van der Waals surface area contributed by atoms with Crippen LogP contribution in [-0.4, -0.2) is 74.5 Å². The molecule has 0 aromatic carbocycles. The van der Waals surface area contributed by atoms with Crippen molar-refractivity contribution < 1.29 is 39.9 Å². The molecule has 0 saturated carbocycles. The minimum Gasteiger partial charge on any atom is -0.478 e. The van der Waals surface area contributed by atoms with Crippen LogP contribution in [0, 0.1) is 0 Å². The molecule has 5 atom stereocenters. The van der Waals surface area contributed by atoms with Crippen molar-refractivity contribution in [2.24, 2.45) is 0 Å². The van der Waals surface area contributed by atoms with Crippen molar-refractivity contribution >= 4 is 11.9 Å². The Labute approximate surface area is 132 Å². The van der Waals surface area contributed by atoms with E-state index in [4.69, 9.17) is 14.9 Å². The second-order valence-electron chi connectivity index (χ2n) is 5.41. The fourth-order valence-electron chi connectivity index (χ4n) is 2.08. The molecule has 1 aliphatic heterocycles. The number of nitrogens with one attached hydrogen (secondary N) is 1. The van der Waals surface area contributed by atoms with Crippen LogP contribution < -0.4 is 5.32 Å². The van der Waals surface area contributed by atoms with E-state index in [1.165, 1.54) is 6.08 Å². The van der Waals surface area contributed by atoms with Gasteiger partial charge in [0.25, 0.3) is 0 Å². The summed E-state index contributed by atoms with van der Waals surface area (Å²) < 4.78 is 5.07. The summed E-state index contributed by atoms with van der Waals surface area (Å²) in [6.45, 7) is 2.55. The number of aliphatic hydroxyl groups excluding tert-OH is 4. The molecule has 0 unspecified atom stereocenters. The first-order chi connectivity index (χ1) is 10.7. The lowest BCUT2D eigenvalue weighted by molar-refractivity contribution is -0.149. The second-order valence-corrected chi connectivity index (χ2v) is 5.41. The van der Waals surface area contributed by atoms with Crippen LogP contribution in [0.5, 0.6) is 0 Å². The highest BCUT2D eigenvalue weighted by molar-refractivity contribution is 5.88. The van der Waals surface area contributed by atoms with E-state index in [0.717, 1.165) is 6.08 Å². The lowest BCUT2D eigenvalue weighted by Crippen LogP contribution is -2.60. The Balaban J connectivity index is 3.07. The van der Waals surface area contributed by atoms with Gasteiger partial charge in [-0.15, -0.1) is 0 Å². The molecule has 0 spiro atoms. The molecule has 6 N–H and O–H groups in total. The smallest absolute Gasteiger partial charge is 0.370 e. The van der Waals surface area contributed by atoms with Gasteiger partial charge in [-0.2, -0.15) is 0 Å². The maximum absolute atomic E-state index is 11.8. The fraction of sp³-hybridized carbons (Fsp3) is 0.571. The highest BCUT2D eigenvalue weighted by Gasteiger charge is 2.43. The normalized spacial score (nSPS) is 26.3. The van der Waals surface area contributed by atoms with Crippen LogP contribution in [0.2, 0.25) is 0 Å². The number of carboxylic acids is 1. The molecule has 130 valence electrons. The van der Waals surface area contributed by atoms with Crippen molar-refractivity contribution in [1.82, 2.24) is 5.32 Å². The Morgan fingerprint density at radius 3 is 2.48 bits per heavy atom. The van der Waals surface area contributed by atoms with Gasteiger partial charge in [0.2, 0.25) is 11.7 Å². The van der Waals surface area contributed by atoms with E-state index in [1.54, 1.807) is 13.8 Å². The van der Waals surface area contributed by atoms with Crippen LogP contribution in [0.15, 0.2) is 23.5 Å². The maximum Gasteiger partial charge on any atom is 0.370 e. The number of aliphatic hydroxyl groups is 4. The zero-order valence-electron chi connectivity index (χ0n) is 12.7. The van der Waals surface area contributed by atoms with Gasteiger partial charge < -0.3 is 35.6 Å². The molecule has 0 aliphatic carbocycles. The van der Waals surface area contributed by atoms with Gasteiger partial charge in [0.1, 0.15) is 18.3 Å². The van der Waals surface area contributed by atoms with Crippen LogP contribution in [0.1, 0.15) is 13.8 Å². The molecule has 9 nitrogen and oxygen atoms in total. The van der Waals surface area contributed by atoms with Crippen molar-refractivity contribution in [3.63, 3.8) is 0 Å². The summed E-state index contributed by atoms with van der Waals surface area (Å²) in [6, 6.07) is -1.21. The van der Waals surface area contributed by atoms with Crippen LogP contribution in [0.3, 0.4) is 0 Å². The Hall–Kier alpha value is -1.94. The second kappa shape index (κ2) is 8.06. The van der Waals surface area contributed by atoms with E-state index in [9.17, 15) is 24.9 Å². The van der Waals surface area contributed by atoms with Crippen molar-refractivity contribution in [3.8, 4) is 0 Å². The average Bonchev–Trinajstić information content (AvgIpc) is 2.46. The summed E-state index contributed by atoms with van der Waals surface area (Å²) in [5.74, 6) is -2.69. The molecule has 1 heterocycles. The third kappa shape index (κ3) is 5.03. The largest absolute Gasteiger partial charge is 0.478 e. The Kier molecular flexibility index (Phi) is 6.70. The molecule has 0 bridgehead atoms. The van der Waals surface area contributed by atoms with Gasteiger partial charge in [-0.05, 0) is 19.9 Å². The number of rotatable bonds is 6. The average molecular weight is 331 g/mol. The third-order valence-corrected chi connectivity index (χ3v) is 3.16. The molecule has 0 aromatic heterocycles. The summed E-state index contributed by atoms with van der Waals surface area (Å²) in [5, 5.41) is 49.8. The molecule has 0 aromatic rings. The number of ether oxygens (including phenoxy) is 1. The Bertz CT molecular complexity index is 511. The highest BCUT2D eigenvalue weighted by atomic mass is 16.5. The molecule has 1 rings (SSSR count). The highest BCUT2D eigenvalue weighted by Crippen LogP contribution is 2.23. The molecule has 0 fully saturated rings. The Morgan fingerprint density at radius 1 is 1.39 bits per heavy atom. The SMILES string of the molecule is CC(C)=CC(=O)N[C@H]1[C@H]([C@H](O)[C@H](O)CO)OC(C(=O)O)=C[C@@H]1O. The molecule has 23 heavy (non-hydrogen) atoms. The minimum absolute atomic E-state index is 0.583. The van der Waals surface area contributed by atoms with Gasteiger partial charge in [-0.1, -0.05) is 5.57 Å². The minimum atomic E-state index is -1.73. The van der Waals surface area contributed by atoms with Crippen LogP contribution in [0.4, 0.5) is 0 Å². The van der Waals surface area contributed by atoms with Gasteiger partial charge >= 0.3 is 5.97 Å². The Morgan fingerprint density at radius 2 is 2.00 bits per heavy atom. The number of hydrogen-bond donors (Lipinski definition) is 6. The van der Waals surface area contributed by atoms with Gasteiger partial charge in [-0.3, -0.25) is 4.79 Å². The predicted molar refractivity (Wildman–Crippen MR) is 77.1 cm³/mol. The zero-order valence-corrected chi connectivity index (χ0v) is 12.7. The topological polar surface area (TPSA) is 157 Å². The van der Waals surface area contributed by atoms with E-state index in [2.05, 4.69) is 5.32 Å². The molecule has 0 radical (unpaired) electrons. The number of aliphatic carboxylic acids is 1. The first kappa shape index (κ1) is 19.1. The van der Waals surface area contributed by atoms with E-state index < -0.39 is 54.7 Å². The van der Waals surface area contributed by atoms with E-state index in [-0.39, 0.29) is 0 Å². The number of carboxylic acid groups (broad SMARTS) is 1. The predicted octanol–water partition coefficient (Wildman–Crippen LogP) is -2.12. The van der Waals surface area contributed by atoms with Gasteiger partial charge in [0, 0.05) is 6.08 Å². The van der Waals surface area contributed by atoms with Gasteiger partial charge in [-0.25, -0.2) is 4.79 Å². The molecular weight excluding hydrogens is 310 g/mol. The molecule has 1 amide bonds. The number of carbonyl (C=O) groups is 2. The van der Waals surface area contributed by atoms with Gasteiger partial charge in [0.05, 0.1) is 12.6 Å². The van der Waals surface area contributed by atoms with Crippen LogP contribution in [-0.2, 0) is 14.3 Å². The van der Waals surface area contributed by atoms with Crippen LogP contribution >= 0.6 is 0 Å². The first-order valence-corrected chi connectivity index (χ1v) is 6.89. The van der Waals surface area contributed by atoms with E-state index in [0.29, 0.717) is 5.57 Å². The number of allylic oxidation sites excluding steroid dienone is 1. The molecule has 0 saturated heterocycles. The molecule has 9 heteroatoms. The lowest BCUT2D eigenvalue weighted by Gasteiger charge is -2.38. The number of carbonyl (C=O) groups excluding carboxylic acids is 1. The molecular formula is C14H21NO8. The van der Waals surface area contributed by atoms with Gasteiger partial charge in [0.15, 0.2) is 6.10 Å². The van der Waals surface area contributed by atoms with Crippen molar-refractivity contribution in [1.29, 1.82) is 0 Å². The summed E-state index contributed by atoms with van der Waals surface area (Å²) in [6.07, 6.45) is -4.16. The summed E-state index contributed by atoms with van der Waals surface area (Å²) in [5.41, 5.74) is 0.683. The number of hydrogen-bond acceptors (Lipinski definition) is 7. The maximum atomic E-state index is 11.8. The summed E-state index contributed by atoms with van der Waals surface area (Å²) >= 11 is 0. The van der Waals surface area contributed by atoms with E-state index >= 15 is 0 Å². The van der Waals surface area contributed by atoms with Crippen LogP contribution in [0.25, 0.3) is 0 Å². The fourth-order valence-corrected chi connectivity index (χ4v) is 2.08. The first-order valence-electron chi connectivity index (χ1n) is 6.89. The van der Waals surface area contributed by atoms with Crippen molar-refractivity contribution in [2.45, 2.75) is 44.3 Å². The van der Waals surface area contributed by atoms with Crippen molar-refractivity contribution in [2.75, 3.05) is 6.61 Å².